The summed E-state index contributed by atoms with van der Waals surface area (Å²) < 4.78 is 0. The molecule has 0 aromatic carbocycles. The molecule has 0 aromatic heterocycles. The van der Waals surface area contributed by atoms with Gasteiger partial charge in [-0.25, -0.2) is 0 Å². The second kappa shape index (κ2) is 7.20. The van der Waals surface area contributed by atoms with E-state index in [0.29, 0.717) is 0 Å². The lowest BCUT2D eigenvalue weighted by Crippen LogP contribution is -2.33. The summed E-state index contributed by atoms with van der Waals surface area (Å²) in [6.07, 6.45) is 3.59. The third-order valence-electron chi connectivity index (χ3n) is 3.18. The zero-order valence-electron chi connectivity index (χ0n) is 10.8. The molecule has 0 fully saturated rings. The summed E-state index contributed by atoms with van der Waals surface area (Å²) in [5.41, 5.74) is 5.95. The van der Waals surface area contributed by atoms with Crippen LogP contribution in [0.25, 0.3) is 0 Å². The van der Waals surface area contributed by atoms with Crippen molar-refractivity contribution in [1.82, 2.24) is 4.90 Å². The minimum absolute atomic E-state index is 0.241. The Labute approximate surface area is 94.6 Å². The van der Waals surface area contributed by atoms with Crippen molar-refractivity contribution < 1.29 is 5.11 Å². The van der Waals surface area contributed by atoms with E-state index in [1.165, 1.54) is 19.3 Å². The van der Waals surface area contributed by atoms with Gasteiger partial charge < -0.3 is 15.7 Å². The van der Waals surface area contributed by atoms with Crippen LogP contribution in [0.5, 0.6) is 0 Å². The minimum atomic E-state index is 0.241. The highest BCUT2D eigenvalue weighted by Crippen LogP contribution is 2.21. The normalized spacial score (nSPS) is 14.6. The molecule has 0 saturated heterocycles. The lowest BCUT2D eigenvalue weighted by molar-refractivity contribution is 0.155. The van der Waals surface area contributed by atoms with Crippen molar-refractivity contribution in [3.05, 3.63) is 0 Å². The van der Waals surface area contributed by atoms with E-state index in [1.807, 2.05) is 6.92 Å². The van der Waals surface area contributed by atoms with Crippen molar-refractivity contribution in [2.45, 2.75) is 46.1 Å². The molecule has 0 saturated carbocycles. The van der Waals surface area contributed by atoms with Crippen molar-refractivity contribution in [2.24, 2.45) is 11.1 Å². The van der Waals surface area contributed by atoms with E-state index in [1.54, 1.807) is 0 Å². The molecule has 0 heterocycles. The van der Waals surface area contributed by atoms with Gasteiger partial charge in [0.2, 0.25) is 0 Å². The average molecular weight is 216 g/mol. The predicted molar refractivity (Wildman–Crippen MR) is 65.9 cm³/mol. The number of nitrogens with zero attached hydrogens (tertiary/aromatic N) is 1. The molecule has 0 rings (SSSR count). The molecule has 92 valence electrons. The lowest BCUT2D eigenvalue weighted by atomic mass is 9.87. The molecule has 0 aliphatic rings. The van der Waals surface area contributed by atoms with Crippen molar-refractivity contribution in [3.63, 3.8) is 0 Å². The van der Waals surface area contributed by atoms with E-state index in [2.05, 4.69) is 25.8 Å². The molecule has 0 spiro atoms. The first kappa shape index (κ1) is 14.9. The maximum atomic E-state index is 8.97. The van der Waals surface area contributed by atoms with Crippen molar-refractivity contribution >= 4 is 0 Å². The van der Waals surface area contributed by atoms with Crippen LogP contribution in [-0.2, 0) is 0 Å². The maximum absolute atomic E-state index is 8.97. The highest BCUT2D eigenvalue weighted by atomic mass is 16.3. The molecule has 0 amide bonds. The zero-order chi connectivity index (χ0) is 11.9. The van der Waals surface area contributed by atoms with Gasteiger partial charge in [0.05, 0.1) is 6.61 Å². The van der Waals surface area contributed by atoms with Crippen LogP contribution < -0.4 is 5.73 Å². The third kappa shape index (κ3) is 6.88. The van der Waals surface area contributed by atoms with Crippen molar-refractivity contribution in [2.75, 3.05) is 26.7 Å². The van der Waals surface area contributed by atoms with Crippen LogP contribution in [-0.4, -0.2) is 42.8 Å². The summed E-state index contributed by atoms with van der Waals surface area (Å²) in [4.78, 5) is 2.20. The molecule has 1 unspecified atom stereocenters. The van der Waals surface area contributed by atoms with Crippen LogP contribution in [0.1, 0.15) is 40.0 Å². The minimum Gasteiger partial charge on any atom is -0.395 e. The topological polar surface area (TPSA) is 49.5 Å². The fourth-order valence-corrected chi connectivity index (χ4v) is 1.43. The molecular weight excluding hydrogens is 188 g/mol. The lowest BCUT2D eigenvalue weighted by Gasteiger charge is -2.25. The predicted octanol–water partition coefficient (Wildman–Crippen LogP) is 1.45. The Morgan fingerprint density at radius 2 is 1.93 bits per heavy atom. The SMILES string of the molecule is CC(CO)N(C)CCCCC(C)(C)CN. The Kier molecular flexibility index (Phi) is 7.14. The van der Waals surface area contributed by atoms with Crippen LogP contribution >= 0.6 is 0 Å². The molecule has 15 heavy (non-hydrogen) atoms. The number of unbranched alkanes of at least 4 members (excludes halogenated alkanes) is 1. The maximum Gasteiger partial charge on any atom is 0.0584 e. The summed E-state index contributed by atoms with van der Waals surface area (Å²) >= 11 is 0. The largest absolute Gasteiger partial charge is 0.395 e. The molecule has 0 aromatic rings. The van der Waals surface area contributed by atoms with Gasteiger partial charge in [-0.3, -0.25) is 0 Å². The Morgan fingerprint density at radius 3 is 2.40 bits per heavy atom. The molecule has 0 radical (unpaired) electrons. The number of hydrogen-bond donors (Lipinski definition) is 2. The first-order chi connectivity index (χ1) is 6.93. The fourth-order valence-electron chi connectivity index (χ4n) is 1.43. The van der Waals surface area contributed by atoms with Gasteiger partial charge in [0.25, 0.3) is 0 Å². The Bertz CT molecular complexity index is 160. The molecule has 3 N–H and O–H groups in total. The van der Waals surface area contributed by atoms with Gasteiger partial charge in [-0.2, -0.15) is 0 Å². The zero-order valence-corrected chi connectivity index (χ0v) is 10.8. The fraction of sp³-hybridized carbons (Fsp3) is 1.00. The van der Waals surface area contributed by atoms with Crippen molar-refractivity contribution in [1.29, 1.82) is 0 Å². The van der Waals surface area contributed by atoms with E-state index >= 15 is 0 Å². The van der Waals surface area contributed by atoms with E-state index in [9.17, 15) is 0 Å². The Balaban J connectivity index is 3.54. The van der Waals surface area contributed by atoms with Gasteiger partial charge in [0, 0.05) is 6.04 Å². The van der Waals surface area contributed by atoms with Crippen LogP contribution in [0.2, 0.25) is 0 Å². The molecule has 3 nitrogen and oxygen atoms in total. The summed E-state index contributed by atoms with van der Waals surface area (Å²) in [6, 6.07) is 0.271. The second-order valence-corrected chi connectivity index (χ2v) is 5.34. The van der Waals surface area contributed by atoms with Gasteiger partial charge in [-0.05, 0) is 45.3 Å². The van der Waals surface area contributed by atoms with Gasteiger partial charge >= 0.3 is 0 Å². The first-order valence-electron chi connectivity index (χ1n) is 5.94. The number of likely N-dealkylation sites (N-methyl/N-ethyl adjacent to an activating group) is 1. The number of rotatable bonds is 8. The Morgan fingerprint density at radius 1 is 1.33 bits per heavy atom. The van der Waals surface area contributed by atoms with E-state index in [4.69, 9.17) is 10.8 Å². The number of aliphatic hydroxyl groups is 1. The molecule has 0 aliphatic carbocycles. The molecule has 3 heteroatoms. The summed E-state index contributed by atoms with van der Waals surface area (Å²) in [6.45, 7) is 8.53. The van der Waals surface area contributed by atoms with Gasteiger partial charge in [0.15, 0.2) is 0 Å². The van der Waals surface area contributed by atoms with Crippen LogP contribution in [0.4, 0.5) is 0 Å². The van der Waals surface area contributed by atoms with Gasteiger partial charge in [0.1, 0.15) is 0 Å². The van der Waals surface area contributed by atoms with Crippen LogP contribution in [0, 0.1) is 5.41 Å². The molecule has 0 aliphatic heterocycles. The van der Waals surface area contributed by atoms with Gasteiger partial charge in [-0.1, -0.05) is 20.3 Å². The Hall–Kier alpha value is -0.120. The molecule has 1 atom stereocenters. The second-order valence-electron chi connectivity index (χ2n) is 5.34. The highest BCUT2D eigenvalue weighted by Gasteiger charge is 2.15. The number of hydrogen-bond acceptors (Lipinski definition) is 3. The first-order valence-corrected chi connectivity index (χ1v) is 5.94. The summed E-state index contributed by atoms with van der Waals surface area (Å²) in [5.74, 6) is 0. The van der Waals surface area contributed by atoms with Crippen molar-refractivity contribution in [3.8, 4) is 0 Å². The van der Waals surface area contributed by atoms with Crippen LogP contribution in [0.15, 0.2) is 0 Å². The van der Waals surface area contributed by atoms with Crippen LogP contribution in [0.3, 0.4) is 0 Å². The molecular formula is C12H28N2O. The quantitative estimate of drug-likeness (QED) is 0.604. The average Bonchev–Trinajstić information content (AvgIpc) is 2.22. The molecule has 0 bridgehead atoms. The summed E-state index contributed by atoms with van der Waals surface area (Å²) in [5, 5.41) is 8.97. The third-order valence-corrected chi connectivity index (χ3v) is 3.18. The van der Waals surface area contributed by atoms with E-state index in [-0.39, 0.29) is 18.1 Å². The number of nitrogens with two attached hydrogens (primary N) is 1. The van der Waals surface area contributed by atoms with E-state index in [0.717, 1.165) is 13.1 Å². The van der Waals surface area contributed by atoms with Gasteiger partial charge in [-0.15, -0.1) is 0 Å². The summed E-state index contributed by atoms with van der Waals surface area (Å²) in [7, 11) is 2.06. The smallest absolute Gasteiger partial charge is 0.0584 e. The monoisotopic (exact) mass is 216 g/mol. The standard InChI is InChI=1S/C12H28N2O/c1-11(9-15)14(4)8-6-5-7-12(2,3)10-13/h11,15H,5-10,13H2,1-4H3. The van der Waals surface area contributed by atoms with E-state index < -0.39 is 0 Å². The number of aliphatic hydroxyl groups excluding tert-OH is 1. The highest BCUT2D eigenvalue weighted by molar-refractivity contribution is 4.69.